The highest BCUT2D eigenvalue weighted by Gasteiger charge is 2.37. The molecule has 3 rings (SSSR count). The van der Waals surface area contributed by atoms with Gasteiger partial charge in [0.2, 0.25) is 6.54 Å². The maximum Gasteiger partial charge on any atom is 0.425 e. The number of fused-ring (bicyclic) bond motifs is 1. The van der Waals surface area contributed by atoms with Gasteiger partial charge in [-0.25, -0.2) is 19.6 Å². The zero-order valence-electron chi connectivity index (χ0n) is 29.4. The molecule has 14 nitrogen and oxygen atoms in total. The predicted octanol–water partition coefficient (Wildman–Crippen LogP) is 7.89. The number of imidazole rings is 1. The van der Waals surface area contributed by atoms with Crippen LogP contribution in [0.1, 0.15) is 103 Å². The molecule has 2 amide bonds. The molecule has 49 heavy (non-hydrogen) atoms. The summed E-state index contributed by atoms with van der Waals surface area (Å²) in [5, 5.41) is 12.0. The molecule has 0 aliphatic carbocycles. The van der Waals surface area contributed by atoms with Crippen LogP contribution in [-0.2, 0) is 19.0 Å². The highest BCUT2D eigenvalue weighted by atomic mass is 35.5. The second kappa shape index (κ2) is 15.6. The van der Waals surface area contributed by atoms with Crippen LogP contribution in [0, 0.1) is 17.0 Å². The van der Waals surface area contributed by atoms with Gasteiger partial charge in [0.15, 0.2) is 11.0 Å². The van der Waals surface area contributed by atoms with E-state index < -0.39 is 52.7 Å². The fraction of sp³-hybridized carbons (Fsp3) is 0.545. The van der Waals surface area contributed by atoms with Crippen LogP contribution in [0.4, 0.5) is 15.4 Å². The second-order valence-corrected chi connectivity index (χ2v) is 14.0. The molecule has 2 heterocycles. The Bertz CT molecular complexity index is 1700. The van der Waals surface area contributed by atoms with Gasteiger partial charge in [-0.1, -0.05) is 30.1 Å². The van der Waals surface area contributed by atoms with Crippen molar-refractivity contribution < 1.29 is 38.3 Å². The minimum atomic E-state index is -1.04. The molecular weight excluding hydrogens is 681 g/mol. The number of carbonyl (C=O) groups is 3. The van der Waals surface area contributed by atoms with Gasteiger partial charge in [0.25, 0.3) is 0 Å². The number of imide groups is 1. The van der Waals surface area contributed by atoms with Crippen molar-refractivity contribution in [2.24, 2.45) is 0 Å². The number of anilines is 1. The predicted molar refractivity (Wildman–Crippen MR) is 184 cm³/mol. The number of benzene rings is 1. The zero-order valence-corrected chi connectivity index (χ0v) is 30.9. The largest absolute Gasteiger partial charge is 0.493 e. The van der Waals surface area contributed by atoms with Crippen LogP contribution in [0.25, 0.3) is 5.52 Å². The van der Waals surface area contributed by atoms with E-state index in [0.717, 1.165) is 0 Å². The third kappa shape index (κ3) is 9.50. The Labute approximate surface area is 295 Å². The van der Waals surface area contributed by atoms with Crippen molar-refractivity contribution in [1.29, 1.82) is 0 Å². The number of halogens is 2. The molecule has 0 aliphatic rings. The van der Waals surface area contributed by atoms with Crippen molar-refractivity contribution in [2.75, 3.05) is 24.7 Å². The SMILES string of the molecule is CCOC(=O)CC(C[N+](=O)[O-])c1c(C)c(Cl)cc(C(C)c2nc(Cl)c3c(N(C(=O)OC(C)(C)C)C(=O)OC(C)(C)C)nccn23)c1OCC. The molecule has 268 valence electrons. The Kier molecular flexibility index (Phi) is 12.5. The summed E-state index contributed by atoms with van der Waals surface area (Å²) in [6.45, 7) is 16.5. The van der Waals surface area contributed by atoms with E-state index in [1.54, 1.807) is 85.9 Å². The number of hydrogen-bond acceptors (Lipinski definition) is 11. The van der Waals surface area contributed by atoms with E-state index in [1.165, 1.54) is 6.20 Å². The number of aromatic nitrogens is 3. The summed E-state index contributed by atoms with van der Waals surface area (Å²) in [7, 11) is 0. The fourth-order valence-electron chi connectivity index (χ4n) is 5.22. The first kappa shape index (κ1) is 39.3. The third-order valence-electron chi connectivity index (χ3n) is 7.07. The first-order valence-corrected chi connectivity index (χ1v) is 16.5. The number of ether oxygens (including phenoxy) is 4. The van der Waals surface area contributed by atoms with Crippen LogP contribution >= 0.6 is 23.2 Å². The van der Waals surface area contributed by atoms with Crippen LogP contribution < -0.4 is 9.64 Å². The van der Waals surface area contributed by atoms with Crippen molar-refractivity contribution in [1.82, 2.24) is 14.4 Å². The fourth-order valence-corrected chi connectivity index (χ4v) is 5.70. The summed E-state index contributed by atoms with van der Waals surface area (Å²) in [6.07, 6.45) is 0.561. The third-order valence-corrected chi connectivity index (χ3v) is 7.73. The molecule has 0 radical (unpaired) electrons. The Morgan fingerprint density at radius 1 is 1.04 bits per heavy atom. The van der Waals surface area contributed by atoms with Crippen molar-refractivity contribution >= 4 is 52.7 Å². The maximum absolute atomic E-state index is 13.5. The summed E-state index contributed by atoms with van der Waals surface area (Å²) >= 11 is 13.5. The van der Waals surface area contributed by atoms with Gasteiger partial charge in [0, 0.05) is 39.4 Å². The Morgan fingerprint density at radius 2 is 1.63 bits per heavy atom. The van der Waals surface area contributed by atoms with Crippen LogP contribution in [0.2, 0.25) is 10.2 Å². The number of rotatable bonds is 11. The summed E-state index contributed by atoms with van der Waals surface area (Å²) in [4.78, 5) is 60.4. The first-order valence-electron chi connectivity index (χ1n) is 15.7. The van der Waals surface area contributed by atoms with E-state index >= 15 is 0 Å². The molecule has 2 atom stereocenters. The van der Waals surface area contributed by atoms with Crippen LogP contribution in [0.15, 0.2) is 18.5 Å². The van der Waals surface area contributed by atoms with Gasteiger partial charge in [0.1, 0.15) is 28.3 Å². The van der Waals surface area contributed by atoms with Gasteiger partial charge < -0.3 is 18.9 Å². The molecule has 2 unspecified atom stereocenters. The first-order chi connectivity index (χ1) is 22.7. The van der Waals surface area contributed by atoms with Gasteiger partial charge >= 0.3 is 18.2 Å². The monoisotopic (exact) mass is 723 g/mol. The number of carbonyl (C=O) groups excluding carboxylic acids is 3. The highest BCUT2D eigenvalue weighted by Crippen LogP contribution is 2.44. The lowest BCUT2D eigenvalue weighted by molar-refractivity contribution is -0.483. The van der Waals surface area contributed by atoms with Crippen molar-refractivity contribution in [3.63, 3.8) is 0 Å². The summed E-state index contributed by atoms with van der Waals surface area (Å²) in [5.74, 6) is -1.72. The van der Waals surface area contributed by atoms with Crippen LogP contribution in [0.5, 0.6) is 5.75 Å². The summed E-state index contributed by atoms with van der Waals surface area (Å²) in [6, 6.07) is 1.68. The van der Waals surface area contributed by atoms with Gasteiger partial charge in [-0.3, -0.25) is 19.3 Å². The topological polar surface area (TPSA) is 165 Å². The lowest BCUT2D eigenvalue weighted by Crippen LogP contribution is -2.44. The molecule has 0 saturated carbocycles. The number of amides is 2. The molecule has 0 aliphatic heterocycles. The summed E-state index contributed by atoms with van der Waals surface area (Å²) < 4.78 is 23.9. The Morgan fingerprint density at radius 3 is 2.14 bits per heavy atom. The molecule has 0 N–H and O–H groups in total. The van der Waals surface area contributed by atoms with E-state index in [0.29, 0.717) is 33.2 Å². The van der Waals surface area contributed by atoms with Gasteiger partial charge in [-0.15, -0.1) is 0 Å². The van der Waals surface area contributed by atoms with E-state index in [2.05, 4.69) is 9.97 Å². The van der Waals surface area contributed by atoms with Crippen LogP contribution in [-0.4, -0.2) is 68.4 Å². The number of nitrogens with zero attached hydrogens (tertiary/aromatic N) is 5. The second-order valence-electron chi connectivity index (χ2n) is 13.2. The molecule has 0 bridgehead atoms. The molecular formula is C33H43Cl2N5O9. The molecule has 0 spiro atoms. The standard InChI is InChI=1S/C33H43Cl2N5O9/c1-11-46-23(41)15-20(17-39(44)45)24-19(4)22(34)16-21(26(24)47-12-2)18(3)28-37-27(35)25-29(36-13-14-38(25)28)40(30(42)48-32(5,6)7)31(43)49-33(8,9)10/h13-14,16,18,20H,11-12,15,17H2,1-10H3. The molecule has 3 aromatic rings. The minimum absolute atomic E-state index is 0.0907. The molecule has 16 heteroatoms. The molecule has 0 fully saturated rings. The van der Waals surface area contributed by atoms with Gasteiger partial charge in [0.05, 0.1) is 25.6 Å². The van der Waals surface area contributed by atoms with Gasteiger partial charge in [-0.2, -0.15) is 4.90 Å². The zero-order chi connectivity index (χ0) is 37.0. The van der Waals surface area contributed by atoms with Crippen molar-refractivity contribution in [2.45, 2.75) is 98.7 Å². The smallest absolute Gasteiger partial charge is 0.425 e. The summed E-state index contributed by atoms with van der Waals surface area (Å²) in [5.41, 5.74) is -0.415. The van der Waals surface area contributed by atoms with E-state index in [9.17, 15) is 24.5 Å². The van der Waals surface area contributed by atoms with Crippen molar-refractivity contribution in [3.8, 4) is 5.75 Å². The molecule has 0 saturated heterocycles. The number of esters is 1. The normalized spacial score (nSPS) is 13.1. The highest BCUT2D eigenvalue weighted by molar-refractivity contribution is 6.34. The van der Waals surface area contributed by atoms with Crippen molar-refractivity contribution in [3.05, 3.63) is 61.3 Å². The lowest BCUT2D eigenvalue weighted by Gasteiger charge is -2.28. The average Bonchev–Trinajstić information content (AvgIpc) is 3.29. The van der Waals surface area contributed by atoms with Crippen LogP contribution in [0.3, 0.4) is 0 Å². The molecule has 2 aromatic heterocycles. The number of hydrogen-bond donors (Lipinski definition) is 0. The number of nitro groups is 1. The van der Waals surface area contributed by atoms with Gasteiger partial charge in [-0.05, 0) is 73.9 Å². The van der Waals surface area contributed by atoms with E-state index in [4.69, 9.17) is 42.1 Å². The minimum Gasteiger partial charge on any atom is -0.493 e. The molecule has 1 aromatic carbocycles. The average molecular weight is 725 g/mol. The Hall–Kier alpha value is -4.17. The van der Waals surface area contributed by atoms with E-state index in [-0.39, 0.29) is 41.1 Å². The Balaban J connectivity index is 2.30. The lowest BCUT2D eigenvalue weighted by atomic mass is 9.86. The quantitative estimate of drug-likeness (QED) is 0.0817. The maximum atomic E-state index is 13.5. The van der Waals surface area contributed by atoms with E-state index in [1.807, 2.05) is 0 Å².